The van der Waals surface area contributed by atoms with E-state index in [4.69, 9.17) is 4.74 Å². The van der Waals surface area contributed by atoms with Crippen molar-refractivity contribution in [2.75, 3.05) is 33.9 Å². The molecule has 21 heavy (non-hydrogen) atoms. The molecule has 0 amide bonds. The largest absolute Gasteiger partial charge is 0.468 e. The van der Waals surface area contributed by atoms with Crippen LogP contribution >= 0.6 is 0 Å². The van der Waals surface area contributed by atoms with Crippen LogP contribution in [0, 0.1) is 0 Å². The highest BCUT2D eigenvalue weighted by Gasteiger charge is 2.42. The lowest BCUT2D eigenvalue weighted by atomic mass is 9.98. The SMILES string of the molecule is COC(=O)CN(CC(=O)OC)CC1CCC2(CCCC2)O1. The first-order valence-electron chi connectivity index (χ1n) is 7.61. The summed E-state index contributed by atoms with van der Waals surface area (Å²) in [7, 11) is 2.69. The van der Waals surface area contributed by atoms with Crippen molar-refractivity contribution in [3.63, 3.8) is 0 Å². The Hall–Kier alpha value is -1.14. The van der Waals surface area contributed by atoms with Gasteiger partial charge in [0.1, 0.15) is 0 Å². The summed E-state index contributed by atoms with van der Waals surface area (Å²) in [6, 6.07) is 0. The van der Waals surface area contributed by atoms with E-state index in [0.717, 1.165) is 25.7 Å². The Morgan fingerprint density at radius 1 is 1.10 bits per heavy atom. The molecule has 0 N–H and O–H groups in total. The molecule has 6 heteroatoms. The second kappa shape index (κ2) is 7.22. The number of carbonyl (C=O) groups excluding carboxylic acids is 2. The minimum Gasteiger partial charge on any atom is -0.468 e. The fourth-order valence-electron chi connectivity index (χ4n) is 3.38. The minimum absolute atomic E-state index is 0.0624. The van der Waals surface area contributed by atoms with Crippen LogP contribution in [0.15, 0.2) is 0 Å². The first kappa shape index (κ1) is 16.2. The van der Waals surface area contributed by atoms with Crippen molar-refractivity contribution in [1.82, 2.24) is 4.90 Å². The third kappa shape index (κ3) is 4.41. The average molecular weight is 299 g/mol. The molecule has 1 saturated heterocycles. The Kier molecular flexibility index (Phi) is 5.58. The Labute approximate surface area is 125 Å². The van der Waals surface area contributed by atoms with Gasteiger partial charge in [0.15, 0.2) is 0 Å². The number of nitrogens with zero attached hydrogens (tertiary/aromatic N) is 1. The van der Waals surface area contributed by atoms with E-state index in [-0.39, 0.29) is 36.7 Å². The van der Waals surface area contributed by atoms with Gasteiger partial charge in [-0.05, 0) is 25.7 Å². The summed E-state index contributed by atoms with van der Waals surface area (Å²) in [5.74, 6) is -0.708. The van der Waals surface area contributed by atoms with Crippen molar-refractivity contribution in [2.45, 2.75) is 50.2 Å². The van der Waals surface area contributed by atoms with E-state index in [1.54, 1.807) is 4.90 Å². The highest BCUT2D eigenvalue weighted by Crippen LogP contribution is 2.43. The maximum atomic E-state index is 11.5. The van der Waals surface area contributed by atoms with Gasteiger partial charge in [-0.25, -0.2) is 0 Å². The quantitative estimate of drug-likeness (QED) is 0.685. The molecule has 2 rings (SSSR count). The molecule has 0 aromatic carbocycles. The number of ether oxygens (including phenoxy) is 3. The van der Waals surface area contributed by atoms with Crippen LogP contribution in [0.25, 0.3) is 0 Å². The average Bonchev–Trinajstić information content (AvgIpc) is 3.09. The van der Waals surface area contributed by atoms with Gasteiger partial charge in [-0.3, -0.25) is 14.5 Å². The molecule has 1 aliphatic heterocycles. The first-order chi connectivity index (χ1) is 10.1. The maximum absolute atomic E-state index is 11.5. The van der Waals surface area contributed by atoms with Crippen molar-refractivity contribution in [3.8, 4) is 0 Å². The monoisotopic (exact) mass is 299 g/mol. The van der Waals surface area contributed by atoms with Crippen LogP contribution in [0.1, 0.15) is 38.5 Å². The molecule has 0 aromatic rings. The van der Waals surface area contributed by atoms with Crippen LogP contribution in [-0.4, -0.2) is 62.4 Å². The highest BCUT2D eigenvalue weighted by molar-refractivity contribution is 5.74. The Bertz CT molecular complexity index is 360. The van der Waals surface area contributed by atoms with E-state index < -0.39 is 0 Å². The van der Waals surface area contributed by atoms with Crippen LogP contribution in [0.5, 0.6) is 0 Å². The van der Waals surface area contributed by atoms with E-state index in [9.17, 15) is 9.59 Å². The number of rotatable bonds is 6. The lowest BCUT2D eigenvalue weighted by molar-refractivity contribution is -0.146. The van der Waals surface area contributed by atoms with E-state index in [0.29, 0.717) is 6.54 Å². The molecular weight excluding hydrogens is 274 g/mol. The topological polar surface area (TPSA) is 65.1 Å². The number of esters is 2. The minimum atomic E-state index is -0.354. The second-order valence-corrected chi connectivity index (χ2v) is 5.99. The molecule has 1 unspecified atom stereocenters. The van der Waals surface area contributed by atoms with Crippen LogP contribution in [0.3, 0.4) is 0 Å². The summed E-state index contributed by atoms with van der Waals surface area (Å²) >= 11 is 0. The van der Waals surface area contributed by atoms with Gasteiger partial charge in [-0.1, -0.05) is 12.8 Å². The molecule has 6 nitrogen and oxygen atoms in total. The lowest BCUT2D eigenvalue weighted by Crippen LogP contribution is -2.41. The fraction of sp³-hybridized carbons (Fsp3) is 0.867. The number of carbonyl (C=O) groups is 2. The second-order valence-electron chi connectivity index (χ2n) is 5.99. The third-order valence-corrected chi connectivity index (χ3v) is 4.48. The standard InChI is InChI=1S/C15H25NO5/c1-19-13(17)10-16(11-14(18)20-2)9-12-5-8-15(21-12)6-3-4-7-15/h12H,3-11H2,1-2H3. The molecule has 1 heterocycles. The van der Waals surface area contributed by atoms with Gasteiger partial charge in [0, 0.05) is 6.54 Å². The van der Waals surface area contributed by atoms with Gasteiger partial charge in [-0.15, -0.1) is 0 Å². The van der Waals surface area contributed by atoms with Gasteiger partial charge in [0.2, 0.25) is 0 Å². The lowest BCUT2D eigenvalue weighted by Gasteiger charge is -2.27. The smallest absolute Gasteiger partial charge is 0.319 e. The molecule has 120 valence electrons. The van der Waals surface area contributed by atoms with Gasteiger partial charge < -0.3 is 14.2 Å². The molecule has 1 spiro atoms. The molecule has 0 bridgehead atoms. The van der Waals surface area contributed by atoms with Crippen molar-refractivity contribution in [1.29, 1.82) is 0 Å². The molecule has 2 aliphatic rings. The zero-order valence-corrected chi connectivity index (χ0v) is 12.9. The Morgan fingerprint density at radius 3 is 2.19 bits per heavy atom. The molecule has 1 saturated carbocycles. The predicted molar refractivity (Wildman–Crippen MR) is 75.8 cm³/mol. The van der Waals surface area contributed by atoms with Crippen molar-refractivity contribution < 1.29 is 23.8 Å². The van der Waals surface area contributed by atoms with Crippen molar-refractivity contribution in [2.24, 2.45) is 0 Å². The molecule has 2 fully saturated rings. The van der Waals surface area contributed by atoms with Crippen LogP contribution in [0.2, 0.25) is 0 Å². The van der Waals surface area contributed by atoms with E-state index >= 15 is 0 Å². The third-order valence-electron chi connectivity index (χ3n) is 4.48. The summed E-state index contributed by atoms with van der Waals surface area (Å²) in [5.41, 5.74) is 0.0624. The molecular formula is C15H25NO5. The predicted octanol–water partition coefficient (Wildman–Crippen LogP) is 1.13. The van der Waals surface area contributed by atoms with Gasteiger partial charge in [0.25, 0.3) is 0 Å². The van der Waals surface area contributed by atoms with Crippen LogP contribution < -0.4 is 0 Å². The summed E-state index contributed by atoms with van der Waals surface area (Å²) in [4.78, 5) is 24.7. The summed E-state index contributed by atoms with van der Waals surface area (Å²) in [6.07, 6.45) is 6.90. The van der Waals surface area contributed by atoms with Crippen molar-refractivity contribution in [3.05, 3.63) is 0 Å². The van der Waals surface area contributed by atoms with E-state index in [1.165, 1.54) is 27.1 Å². The van der Waals surface area contributed by atoms with Gasteiger partial charge >= 0.3 is 11.9 Å². The molecule has 1 aliphatic carbocycles. The summed E-state index contributed by atoms with van der Waals surface area (Å²) in [5, 5.41) is 0. The Balaban J connectivity index is 1.88. The fourth-order valence-corrected chi connectivity index (χ4v) is 3.38. The highest BCUT2D eigenvalue weighted by atomic mass is 16.5. The molecule has 0 aromatic heterocycles. The zero-order chi connectivity index (χ0) is 15.3. The summed E-state index contributed by atoms with van der Waals surface area (Å²) in [6.45, 7) is 0.725. The Morgan fingerprint density at radius 2 is 1.67 bits per heavy atom. The van der Waals surface area contributed by atoms with Gasteiger partial charge in [-0.2, -0.15) is 0 Å². The van der Waals surface area contributed by atoms with E-state index in [2.05, 4.69) is 9.47 Å². The number of hydrogen-bond donors (Lipinski definition) is 0. The number of methoxy groups -OCH3 is 2. The first-order valence-corrected chi connectivity index (χ1v) is 7.61. The van der Waals surface area contributed by atoms with Crippen molar-refractivity contribution >= 4 is 11.9 Å². The van der Waals surface area contributed by atoms with Crippen LogP contribution in [-0.2, 0) is 23.8 Å². The van der Waals surface area contributed by atoms with Gasteiger partial charge in [0.05, 0.1) is 39.0 Å². The zero-order valence-electron chi connectivity index (χ0n) is 12.9. The number of hydrogen-bond acceptors (Lipinski definition) is 6. The van der Waals surface area contributed by atoms with Crippen LogP contribution in [0.4, 0.5) is 0 Å². The molecule has 1 atom stereocenters. The maximum Gasteiger partial charge on any atom is 0.319 e. The summed E-state index contributed by atoms with van der Waals surface area (Å²) < 4.78 is 15.6. The molecule has 0 radical (unpaired) electrons. The van der Waals surface area contributed by atoms with E-state index in [1.807, 2.05) is 0 Å². The normalized spacial score (nSPS) is 23.7.